The van der Waals surface area contributed by atoms with E-state index in [2.05, 4.69) is 212 Å². The highest BCUT2D eigenvalue weighted by Crippen LogP contribution is 2.52. The molecule has 10 rings (SSSR count). The fourth-order valence-corrected chi connectivity index (χ4v) is 10.6. The molecule has 0 fully saturated rings. The van der Waals surface area contributed by atoms with E-state index in [1.165, 1.54) is 33.2 Å². The van der Waals surface area contributed by atoms with Crippen LogP contribution in [0.5, 0.6) is 0 Å². The second-order valence-corrected chi connectivity index (χ2v) is 21.5. The Kier molecular flexibility index (Phi) is 8.38. The minimum Gasteiger partial charge on any atom is -0.311 e. The first kappa shape index (κ1) is 36.8. The van der Waals surface area contributed by atoms with Gasteiger partial charge in [-0.2, -0.15) is 0 Å². The van der Waals surface area contributed by atoms with Gasteiger partial charge in [0.25, 0.3) is 6.71 Å². The largest absolute Gasteiger partial charge is 0.311 e. The summed E-state index contributed by atoms with van der Waals surface area (Å²) in [5.41, 5.74) is 19.5. The van der Waals surface area contributed by atoms with Gasteiger partial charge in [-0.1, -0.05) is 166 Å². The summed E-state index contributed by atoms with van der Waals surface area (Å²) in [5, 5.41) is 0. The molecule has 2 heterocycles. The van der Waals surface area contributed by atoms with Gasteiger partial charge in [0.05, 0.1) is 5.69 Å². The molecule has 62 heavy (non-hydrogen) atoms. The van der Waals surface area contributed by atoms with Crippen LogP contribution in [0.2, 0.25) is 0 Å². The molecule has 1 aliphatic carbocycles. The molecule has 310 valence electrons. The zero-order chi connectivity index (χ0) is 46.0. The summed E-state index contributed by atoms with van der Waals surface area (Å²) in [4.78, 5) is 4.80. The summed E-state index contributed by atoms with van der Waals surface area (Å²) >= 11 is 0. The van der Waals surface area contributed by atoms with Crippen molar-refractivity contribution in [3.63, 3.8) is 0 Å². The fraction of sp³-hybridized carbons (Fsp3) is 0.288. The molecule has 0 unspecified atom stereocenters. The smallest absolute Gasteiger partial charge is 0.252 e. The number of anilines is 6. The molecule has 0 bridgehead atoms. The minimum absolute atomic E-state index is 0.0255. The van der Waals surface area contributed by atoms with Gasteiger partial charge in [0.1, 0.15) is 0 Å². The maximum Gasteiger partial charge on any atom is 0.252 e. The third-order valence-electron chi connectivity index (χ3n) is 14.3. The number of aryl methyl sites for hydroxylation is 1. The van der Waals surface area contributed by atoms with E-state index in [0.717, 1.165) is 74.7 Å². The molecule has 0 saturated carbocycles. The standard InChI is InChI=1S/C59H61BN2/c1-38-31-53-55-54(32-38)62(50-27-25-42(56(2,3)4)34-45(50)40-21-16-13-17-22-40)51-28-26-43(57(5,6)7)35-48(51)60(55)49-36-46-47(59(10,11)30-29-58(46,8)9)37-52(49)61(53)44-24-18-23-41(33-44)39-19-14-12-15-20-39/h12-28,31-37H,29-30H2,1-11H3/i1D3. The van der Waals surface area contributed by atoms with E-state index in [0.29, 0.717) is 5.56 Å². The van der Waals surface area contributed by atoms with Gasteiger partial charge < -0.3 is 9.80 Å². The Morgan fingerprint density at radius 1 is 0.484 bits per heavy atom. The normalized spacial score (nSPS) is 16.9. The molecule has 0 spiro atoms. The van der Waals surface area contributed by atoms with Gasteiger partial charge >= 0.3 is 0 Å². The van der Waals surface area contributed by atoms with Gasteiger partial charge in [0.2, 0.25) is 0 Å². The zero-order valence-corrected chi connectivity index (χ0v) is 38.2. The van der Waals surface area contributed by atoms with Crippen LogP contribution in [0.15, 0.2) is 146 Å². The van der Waals surface area contributed by atoms with Crippen LogP contribution in [0.3, 0.4) is 0 Å². The lowest BCUT2D eigenvalue weighted by Crippen LogP contribution is -2.62. The lowest BCUT2D eigenvalue weighted by Gasteiger charge is -2.48. The molecule has 0 amide bonds. The predicted octanol–water partition coefficient (Wildman–Crippen LogP) is 14.4. The van der Waals surface area contributed by atoms with Crippen LogP contribution in [-0.4, -0.2) is 6.71 Å². The average Bonchev–Trinajstić information content (AvgIpc) is 3.26. The van der Waals surface area contributed by atoms with Gasteiger partial charge in [0, 0.05) is 38.1 Å². The van der Waals surface area contributed by atoms with Crippen molar-refractivity contribution < 1.29 is 4.11 Å². The van der Waals surface area contributed by atoms with E-state index in [1.54, 1.807) is 0 Å². The first-order valence-electron chi connectivity index (χ1n) is 24.1. The Balaban J connectivity index is 1.37. The van der Waals surface area contributed by atoms with Crippen LogP contribution >= 0.6 is 0 Å². The van der Waals surface area contributed by atoms with Crippen molar-refractivity contribution in [1.82, 2.24) is 0 Å². The quantitative estimate of drug-likeness (QED) is 0.163. The molecule has 7 aromatic rings. The Morgan fingerprint density at radius 3 is 1.66 bits per heavy atom. The molecule has 3 heteroatoms. The summed E-state index contributed by atoms with van der Waals surface area (Å²) in [6, 6.07) is 53.0. The second kappa shape index (κ2) is 14.1. The monoisotopic (exact) mass is 812 g/mol. The lowest BCUT2D eigenvalue weighted by atomic mass is 9.33. The molecular weight excluding hydrogens is 747 g/mol. The highest BCUT2D eigenvalue weighted by molar-refractivity contribution is 7.00. The van der Waals surface area contributed by atoms with Crippen molar-refractivity contribution in [2.45, 2.75) is 111 Å². The van der Waals surface area contributed by atoms with Crippen LogP contribution in [-0.2, 0) is 21.7 Å². The summed E-state index contributed by atoms with van der Waals surface area (Å²) < 4.78 is 27.3. The number of hydrogen-bond donors (Lipinski definition) is 0. The third kappa shape index (κ3) is 6.54. The highest BCUT2D eigenvalue weighted by Gasteiger charge is 2.47. The summed E-state index contributed by atoms with van der Waals surface area (Å²) in [6.45, 7) is 20.8. The number of benzene rings is 7. The lowest BCUT2D eigenvalue weighted by molar-refractivity contribution is 0.332. The molecule has 3 aliphatic rings. The van der Waals surface area contributed by atoms with E-state index < -0.39 is 6.85 Å². The molecule has 0 saturated heterocycles. The summed E-state index contributed by atoms with van der Waals surface area (Å²) in [5.74, 6) is 0. The molecular formula is C59H61BN2. The molecule has 7 aromatic carbocycles. The van der Waals surface area contributed by atoms with Gasteiger partial charge in [-0.15, -0.1) is 0 Å². The number of nitrogens with zero attached hydrogens (tertiary/aromatic N) is 2. The van der Waals surface area contributed by atoms with E-state index in [1.807, 2.05) is 12.1 Å². The Bertz CT molecular complexity index is 3010. The topological polar surface area (TPSA) is 6.48 Å². The maximum absolute atomic E-state index is 9.09. The van der Waals surface area contributed by atoms with Crippen molar-refractivity contribution in [3.8, 4) is 22.3 Å². The van der Waals surface area contributed by atoms with E-state index in [4.69, 9.17) is 4.11 Å². The van der Waals surface area contributed by atoms with Gasteiger partial charge in [-0.3, -0.25) is 0 Å². The summed E-state index contributed by atoms with van der Waals surface area (Å²) in [6.07, 6.45) is 2.20. The zero-order valence-electron chi connectivity index (χ0n) is 41.2. The molecule has 0 N–H and O–H groups in total. The van der Waals surface area contributed by atoms with Crippen molar-refractivity contribution in [2.75, 3.05) is 9.80 Å². The van der Waals surface area contributed by atoms with Crippen molar-refractivity contribution in [3.05, 3.63) is 173 Å². The number of rotatable bonds is 4. The Labute approximate surface area is 376 Å². The molecule has 2 nitrogen and oxygen atoms in total. The van der Waals surface area contributed by atoms with Crippen molar-refractivity contribution in [1.29, 1.82) is 0 Å². The van der Waals surface area contributed by atoms with Crippen LogP contribution < -0.4 is 26.2 Å². The Hall–Kier alpha value is -5.80. The van der Waals surface area contributed by atoms with Crippen molar-refractivity contribution in [2.24, 2.45) is 0 Å². The van der Waals surface area contributed by atoms with Gasteiger partial charge in [-0.25, -0.2) is 0 Å². The first-order valence-corrected chi connectivity index (χ1v) is 22.6. The average molecular weight is 812 g/mol. The van der Waals surface area contributed by atoms with Gasteiger partial charge in [0.15, 0.2) is 0 Å². The van der Waals surface area contributed by atoms with Crippen LogP contribution in [0.25, 0.3) is 22.3 Å². The van der Waals surface area contributed by atoms with E-state index >= 15 is 0 Å². The third-order valence-corrected chi connectivity index (χ3v) is 14.3. The first-order chi connectivity index (χ1) is 30.6. The number of hydrogen-bond acceptors (Lipinski definition) is 2. The highest BCUT2D eigenvalue weighted by atomic mass is 15.2. The van der Waals surface area contributed by atoms with E-state index in [9.17, 15) is 0 Å². The van der Waals surface area contributed by atoms with Crippen LogP contribution in [0.4, 0.5) is 34.1 Å². The van der Waals surface area contributed by atoms with Gasteiger partial charge in [-0.05, 0) is 151 Å². The van der Waals surface area contributed by atoms with Crippen LogP contribution in [0.1, 0.15) is 114 Å². The predicted molar refractivity (Wildman–Crippen MR) is 269 cm³/mol. The molecule has 0 aromatic heterocycles. The summed E-state index contributed by atoms with van der Waals surface area (Å²) in [7, 11) is 0. The molecule has 2 aliphatic heterocycles. The maximum atomic E-state index is 9.09. The Morgan fingerprint density at radius 2 is 1.03 bits per heavy atom. The van der Waals surface area contributed by atoms with Crippen LogP contribution in [0, 0.1) is 6.85 Å². The minimum atomic E-state index is -2.37. The second-order valence-electron chi connectivity index (χ2n) is 21.5. The molecule has 0 radical (unpaired) electrons. The van der Waals surface area contributed by atoms with Crippen molar-refractivity contribution >= 4 is 57.2 Å². The molecule has 0 atom stereocenters. The van der Waals surface area contributed by atoms with E-state index in [-0.39, 0.29) is 28.4 Å². The SMILES string of the molecule is [2H]C([2H])([2H])c1cc2c3c(c1)N(c1ccc(C(C)(C)C)cc1-c1ccccc1)c1ccc(C(C)(C)C)cc1B3c1cc3c(cc1N2c1cccc(-c2ccccc2)c1)C(C)(C)CCC3(C)C. The fourth-order valence-electron chi connectivity index (χ4n) is 10.6. The number of fused-ring (bicyclic) bond motifs is 5.